The van der Waals surface area contributed by atoms with Crippen molar-refractivity contribution in [3.8, 4) is 0 Å². The van der Waals surface area contributed by atoms with Gasteiger partial charge in [-0.05, 0) is 18.2 Å². The van der Waals surface area contributed by atoms with Gasteiger partial charge in [-0.1, -0.05) is 11.6 Å². The number of amides is 1. The Labute approximate surface area is 95.0 Å². The summed E-state index contributed by atoms with van der Waals surface area (Å²) in [5, 5.41) is 0.489. The van der Waals surface area contributed by atoms with Crippen LogP contribution in [0.5, 0.6) is 0 Å². The number of nitrogens with two attached hydrogens (primary N) is 2. The molecule has 0 saturated heterocycles. The van der Waals surface area contributed by atoms with Crippen LogP contribution in [0.1, 0.15) is 6.42 Å². The smallest absolute Gasteiger partial charge is 0.218 e. The molecule has 0 saturated carbocycles. The quantitative estimate of drug-likeness (QED) is 0.774. The number of nitrogen functional groups attached to an aromatic ring is 1. The number of benzene rings is 1. The van der Waals surface area contributed by atoms with Crippen LogP contribution in [-0.2, 0) is 15.6 Å². The lowest BCUT2D eigenvalue weighted by Crippen LogP contribution is -2.14. The minimum atomic E-state index is -1.31. The Morgan fingerprint density at radius 2 is 2.13 bits per heavy atom. The second-order valence-electron chi connectivity index (χ2n) is 2.95. The summed E-state index contributed by atoms with van der Waals surface area (Å²) >= 11 is 5.70. The molecule has 1 aromatic rings. The molecule has 15 heavy (non-hydrogen) atoms. The van der Waals surface area contributed by atoms with Gasteiger partial charge in [0, 0.05) is 22.9 Å². The summed E-state index contributed by atoms with van der Waals surface area (Å²) in [5.41, 5.74) is 11.0. The molecule has 1 rings (SSSR count). The average molecular weight is 247 g/mol. The van der Waals surface area contributed by atoms with E-state index < -0.39 is 16.7 Å². The van der Waals surface area contributed by atoms with Gasteiger partial charge in [-0.25, -0.2) is 0 Å². The Bertz CT molecular complexity index is 409. The molecule has 0 aliphatic carbocycles. The van der Waals surface area contributed by atoms with E-state index in [9.17, 15) is 9.00 Å². The van der Waals surface area contributed by atoms with Gasteiger partial charge in [0.05, 0.1) is 15.7 Å². The molecular formula is C9H11ClN2O2S. The first-order valence-electron chi connectivity index (χ1n) is 4.22. The van der Waals surface area contributed by atoms with Crippen molar-refractivity contribution in [1.29, 1.82) is 0 Å². The van der Waals surface area contributed by atoms with E-state index in [1.165, 1.54) is 6.07 Å². The third kappa shape index (κ3) is 3.53. The summed E-state index contributed by atoms with van der Waals surface area (Å²) in [6, 6.07) is 4.73. The lowest BCUT2D eigenvalue weighted by molar-refractivity contribution is -0.117. The van der Waals surface area contributed by atoms with Crippen molar-refractivity contribution in [3.05, 3.63) is 23.2 Å². The van der Waals surface area contributed by atoms with E-state index in [0.29, 0.717) is 15.6 Å². The standard InChI is InChI=1S/C9H11ClN2O2S/c10-6-1-2-8(7(11)5-6)15(14)4-3-9(12)13/h1-2,5H,3-4,11H2,(H2,12,13). The molecule has 82 valence electrons. The molecule has 1 aromatic carbocycles. The van der Waals surface area contributed by atoms with E-state index in [2.05, 4.69) is 0 Å². The Morgan fingerprint density at radius 3 is 2.67 bits per heavy atom. The molecular weight excluding hydrogens is 236 g/mol. The molecule has 0 fully saturated rings. The molecule has 4 N–H and O–H groups in total. The highest BCUT2D eigenvalue weighted by atomic mass is 35.5. The predicted octanol–water partition coefficient (Wildman–Crippen LogP) is 0.905. The molecule has 0 spiro atoms. The highest BCUT2D eigenvalue weighted by Crippen LogP contribution is 2.21. The molecule has 1 unspecified atom stereocenters. The van der Waals surface area contributed by atoms with Gasteiger partial charge in [-0.15, -0.1) is 0 Å². The fraction of sp³-hybridized carbons (Fsp3) is 0.222. The summed E-state index contributed by atoms with van der Waals surface area (Å²) in [7, 11) is -1.31. The van der Waals surface area contributed by atoms with Crippen LogP contribution in [0.25, 0.3) is 0 Å². The molecule has 0 aromatic heterocycles. The maximum absolute atomic E-state index is 11.7. The Morgan fingerprint density at radius 1 is 1.47 bits per heavy atom. The molecule has 0 aliphatic rings. The number of carbonyl (C=O) groups excluding carboxylic acids is 1. The number of hydrogen-bond acceptors (Lipinski definition) is 3. The normalized spacial score (nSPS) is 12.3. The zero-order valence-electron chi connectivity index (χ0n) is 7.90. The van der Waals surface area contributed by atoms with Gasteiger partial charge in [-0.2, -0.15) is 0 Å². The van der Waals surface area contributed by atoms with Crippen molar-refractivity contribution in [2.24, 2.45) is 5.73 Å². The molecule has 4 nitrogen and oxygen atoms in total. The third-order valence-corrected chi connectivity index (χ3v) is 3.42. The van der Waals surface area contributed by atoms with Crippen LogP contribution < -0.4 is 11.5 Å². The number of anilines is 1. The van der Waals surface area contributed by atoms with Gasteiger partial charge in [-0.3, -0.25) is 9.00 Å². The van der Waals surface area contributed by atoms with Crippen LogP contribution in [0, 0.1) is 0 Å². The van der Waals surface area contributed by atoms with Crippen molar-refractivity contribution in [2.45, 2.75) is 11.3 Å². The van der Waals surface area contributed by atoms with E-state index in [4.69, 9.17) is 23.1 Å². The van der Waals surface area contributed by atoms with Crippen molar-refractivity contribution >= 4 is 34.0 Å². The fourth-order valence-corrected chi connectivity index (χ4v) is 2.36. The van der Waals surface area contributed by atoms with Crippen molar-refractivity contribution in [1.82, 2.24) is 0 Å². The van der Waals surface area contributed by atoms with E-state index in [0.717, 1.165) is 0 Å². The maximum Gasteiger partial charge on any atom is 0.218 e. The third-order valence-electron chi connectivity index (χ3n) is 1.75. The SMILES string of the molecule is NC(=O)CCS(=O)c1ccc(Cl)cc1N. The zero-order chi connectivity index (χ0) is 11.4. The first-order valence-corrected chi connectivity index (χ1v) is 5.92. The topological polar surface area (TPSA) is 86.2 Å². The van der Waals surface area contributed by atoms with Crippen LogP contribution in [0.3, 0.4) is 0 Å². The molecule has 1 atom stereocenters. The van der Waals surface area contributed by atoms with E-state index in [1.807, 2.05) is 0 Å². The number of rotatable bonds is 4. The molecule has 6 heteroatoms. The minimum absolute atomic E-state index is 0.0781. The maximum atomic E-state index is 11.7. The summed E-state index contributed by atoms with van der Waals surface area (Å²) in [6.07, 6.45) is 0.0781. The van der Waals surface area contributed by atoms with Crippen LogP contribution >= 0.6 is 11.6 Å². The van der Waals surface area contributed by atoms with Gasteiger partial charge in [0.2, 0.25) is 5.91 Å². The average Bonchev–Trinajstić information content (AvgIpc) is 2.14. The Kier molecular flexibility index (Phi) is 4.11. The predicted molar refractivity (Wildman–Crippen MR) is 61.0 cm³/mol. The molecule has 0 aliphatic heterocycles. The lowest BCUT2D eigenvalue weighted by Gasteiger charge is -2.04. The zero-order valence-corrected chi connectivity index (χ0v) is 9.48. The summed E-state index contributed by atoms with van der Waals surface area (Å²) in [5.74, 6) is -0.294. The first-order chi connectivity index (χ1) is 7.00. The fourth-order valence-electron chi connectivity index (χ4n) is 1.03. The highest BCUT2D eigenvalue weighted by Gasteiger charge is 2.09. The van der Waals surface area contributed by atoms with Crippen LogP contribution in [-0.4, -0.2) is 15.9 Å². The van der Waals surface area contributed by atoms with Crippen LogP contribution in [0.2, 0.25) is 5.02 Å². The highest BCUT2D eigenvalue weighted by molar-refractivity contribution is 7.85. The number of carbonyl (C=O) groups is 1. The number of primary amides is 1. The summed E-state index contributed by atoms with van der Waals surface area (Å²) in [6.45, 7) is 0. The van der Waals surface area contributed by atoms with Gasteiger partial charge < -0.3 is 11.5 Å². The van der Waals surface area contributed by atoms with Crippen molar-refractivity contribution in [3.63, 3.8) is 0 Å². The minimum Gasteiger partial charge on any atom is -0.398 e. The van der Waals surface area contributed by atoms with Crippen LogP contribution in [0.4, 0.5) is 5.69 Å². The largest absolute Gasteiger partial charge is 0.398 e. The molecule has 0 bridgehead atoms. The van der Waals surface area contributed by atoms with Gasteiger partial charge in [0.15, 0.2) is 0 Å². The van der Waals surface area contributed by atoms with Crippen LogP contribution in [0.15, 0.2) is 23.1 Å². The van der Waals surface area contributed by atoms with E-state index in [1.54, 1.807) is 12.1 Å². The van der Waals surface area contributed by atoms with Crippen molar-refractivity contribution < 1.29 is 9.00 Å². The molecule has 0 radical (unpaired) electrons. The number of halogens is 1. The van der Waals surface area contributed by atoms with Gasteiger partial charge >= 0.3 is 0 Å². The lowest BCUT2D eigenvalue weighted by atomic mass is 10.3. The van der Waals surface area contributed by atoms with Gasteiger partial charge in [0.25, 0.3) is 0 Å². The van der Waals surface area contributed by atoms with E-state index in [-0.39, 0.29) is 12.2 Å². The summed E-state index contributed by atoms with van der Waals surface area (Å²) < 4.78 is 11.7. The molecule has 1 amide bonds. The Hall–Kier alpha value is -1.07. The second kappa shape index (κ2) is 5.14. The molecule has 0 heterocycles. The first kappa shape index (κ1) is 12.0. The second-order valence-corrected chi connectivity index (χ2v) is 4.92. The van der Waals surface area contributed by atoms with Gasteiger partial charge in [0.1, 0.15) is 0 Å². The summed E-state index contributed by atoms with van der Waals surface area (Å²) in [4.78, 5) is 11.0. The monoisotopic (exact) mass is 246 g/mol. The Balaban J connectivity index is 2.78. The van der Waals surface area contributed by atoms with E-state index >= 15 is 0 Å². The number of hydrogen-bond donors (Lipinski definition) is 2. The van der Waals surface area contributed by atoms with Crippen molar-refractivity contribution in [2.75, 3.05) is 11.5 Å².